The molecule has 2 aliphatic heterocycles. The number of β-lactam (4-membered cyclic amide) rings is 1. The van der Waals surface area contributed by atoms with E-state index in [0.29, 0.717) is 11.4 Å². The van der Waals surface area contributed by atoms with Crippen LogP contribution in [0.4, 0.5) is 0 Å². The van der Waals surface area contributed by atoms with E-state index in [4.69, 9.17) is 0 Å². The third-order valence-corrected chi connectivity index (χ3v) is 4.21. The van der Waals surface area contributed by atoms with Gasteiger partial charge in [0.15, 0.2) is 0 Å². The maximum Gasteiger partial charge on any atom is 0.230 e. The van der Waals surface area contributed by atoms with E-state index in [2.05, 4.69) is 20.8 Å². The van der Waals surface area contributed by atoms with Gasteiger partial charge in [-0.05, 0) is 20.8 Å². The summed E-state index contributed by atoms with van der Waals surface area (Å²) < 4.78 is 0.229. The summed E-state index contributed by atoms with van der Waals surface area (Å²) in [6, 6.07) is 0.384. The summed E-state index contributed by atoms with van der Waals surface area (Å²) in [4.78, 5) is 13.0. The minimum atomic E-state index is 0.209. The quantitative estimate of drug-likeness (QED) is 0.510. The topological polar surface area (TPSA) is 20.3 Å². The predicted octanol–water partition coefficient (Wildman–Crippen LogP) is 1.27. The minimum absolute atomic E-state index is 0.209. The number of hydrogen-bond donors (Lipinski definition) is 0. The smallest absolute Gasteiger partial charge is 0.230 e. The summed E-state index contributed by atoms with van der Waals surface area (Å²) in [6.07, 6.45) is 1.80. The molecule has 2 fully saturated rings. The Balaban J connectivity index is 2.22. The second-order valence-corrected chi connectivity index (χ2v) is 5.47. The molecule has 2 nitrogen and oxygen atoms in total. The van der Waals surface area contributed by atoms with Crippen molar-refractivity contribution < 1.29 is 4.79 Å². The van der Waals surface area contributed by atoms with Crippen molar-refractivity contribution in [2.75, 3.05) is 0 Å². The molecular formula is C8H12NOS. The zero-order valence-electron chi connectivity index (χ0n) is 7.00. The summed E-state index contributed by atoms with van der Waals surface area (Å²) in [5.74, 6) is 0.209. The van der Waals surface area contributed by atoms with Gasteiger partial charge in [-0.15, -0.1) is 11.8 Å². The highest BCUT2D eigenvalue weighted by atomic mass is 32.2. The average molecular weight is 170 g/mol. The Morgan fingerprint density at radius 3 is 2.64 bits per heavy atom. The third kappa shape index (κ3) is 0.835. The number of amides is 1. The molecule has 2 atom stereocenters. The number of nitrogens with zero attached hydrogens (tertiary/aromatic N) is 1. The second-order valence-electron chi connectivity index (χ2n) is 3.70. The van der Waals surface area contributed by atoms with Gasteiger partial charge in [0.2, 0.25) is 5.91 Å². The molecule has 1 amide bonds. The number of carbonyl (C=O) groups excluding carboxylic acids is 1. The van der Waals surface area contributed by atoms with Crippen LogP contribution in [0.25, 0.3) is 0 Å². The van der Waals surface area contributed by atoms with Crippen molar-refractivity contribution in [2.24, 2.45) is 0 Å². The molecule has 0 aliphatic carbocycles. The van der Waals surface area contributed by atoms with E-state index in [1.165, 1.54) is 0 Å². The van der Waals surface area contributed by atoms with Crippen molar-refractivity contribution in [1.29, 1.82) is 0 Å². The Bertz CT molecular complexity index is 214. The molecule has 3 heteroatoms. The molecular weight excluding hydrogens is 158 g/mol. The molecule has 1 radical (unpaired) electrons. The van der Waals surface area contributed by atoms with Gasteiger partial charge in [-0.3, -0.25) is 4.79 Å². The Morgan fingerprint density at radius 2 is 2.27 bits per heavy atom. The number of thioether (sulfide) groups is 1. The lowest BCUT2D eigenvalue weighted by molar-refractivity contribution is -0.136. The lowest BCUT2D eigenvalue weighted by Gasteiger charge is -2.36. The van der Waals surface area contributed by atoms with Gasteiger partial charge in [0.1, 0.15) is 0 Å². The standard InChI is InChI=1S/C8H12NOS/c1-5-8(2,3)11-7-4-6(10)9(5)7/h4-5,7H,1-3H3/t5-,7+/m0/s1. The van der Waals surface area contributed by atoms with Crippen LogP contribution in [0.3, 0.4) is 0 Å². The Kier molecular flexibility index (Phi) is 1.32. The summed E-state index contributed by atoms with van der Waals surface area (Å²) >= 11 is 1.88. The number of hydrogen-bond acceptors (Lipinski definition) is 2. The molecule has 61 valence electrons. The molecule has 0 spiro atoms. The summed E-state index contributed by atoms with van der Waals surface area (Å²) in [7, 11) is 0. The molecule has 11 heavy (non-hydrogen) atoms. The van der Waals surface area contributed by atoms with Crippen LogP contribution in [0, 0.1) is 6.42 Å². The molecule has 2 rings (SSSR count). The molecule has 0 aromatic carbocycles. The van der Waals surface area contributed by atoms with E-state index in [0.717, 1.165) is 0 Å². The van der Waals surface area contributed by atoms with Crippen LogP contribution in [0.2, 0.25) is 0 Å². The number of rotatable bonds is 0. The molecule has 0 N–H and O–H groups in total. The molecule has 2 aliphatic rings. The van der Waals surface area contributed by atoms with Crippen LogP contribution >= 0.6 is 11.8 Å². The third-order valence-electron chi connectivity index (χ3n) is 2.66. The molecule has 0 saturated carbocycles. The van der Waals surface area contributed by atoms with Gasteiger partial charge < -0.3 is 4.90 Å². The predicted molar refractivity (Wildman–Crippen MR) is 46.1 cm³/mol. The van der Waals surface area contributed by atoms with Crippen molar-refractivity contribution in [3.05, 3.63) is 6.42 Å². The molecule has 0 aromatic heterocycles. The monoisotopic (exact) mass is 170 g/mol. The largest absolute Gasteiger partial charge is 0.325 e. The first-order chi connectivity index (χ1) is 5.02. The maximum atomic E-state index is 11.1. The van der Waals surface area contributed by atoms with Crippen LogP contribution in [-0.2, 0) is 4.79 Å². The Labute approximate surface area is 71.3 Å². The first-order valence-electron chi connectivity index (χ1n) is 3.87. The fraction of sp³-hybridized carbons (Fsp3) is 0.750. The lowest BCUT2D eigenvalue weighted by Crippen LogP contribution is -2.53. The van der Waals surface area contributed by atoms with Crippen molar-refractivity contribution in [2.45, 2.75) is 36.9 Å². The van der Waals surface area contributed by atoms with Gasteiger partial charge >= 0.3 is 0 Å². The van der Waals surface area contributed by atoms with E-state index < -0.39 is 0 Å². The fourth-order valence-electron chi connectivity index (χ4n) is 1.58. The van der Waals surface area contributed by atoms with E-state index in [9.17, 15) is 4.79 Å². The SMILES string of the molecule is C[C@@H]1N2C(=O)[CH][C@H]2SC1(C)C. The number of fused-ring (bicyclic) bond motifs is 1. The van der Waals surface area contributed by atoms with Crippen molar-refractivity contribution in [1.82, 2.24) is 4.90 Å². The van der Waals surface area contributed by atoms with Crippen LogP contribution in [-0.4, -0.2) is 27.0 Å². The summed E-state index contributed by atoms with van der Waals surface area (Å²) in [5.41, 5.74) is 0. The van der Waals surface area contributed by atoms with Crippen molar-refractivity contribution in [3.8, 4) is 0 Å². The fourth-order valence-corrected chi connectivity index (χ4v) is 3.10. The van der Waals surface area contributed by atoms with Gasteiger partial charge in [-0.1, -0.05) is 0 Å². The first-order valence-corrected chi connectivity index (χ1v) is 4.75. The number of carbonyl (C=O) groups is 1. The van der Waals surface area contributed by atoms with Gasteiger partial charge in [-0.2, -0.15) is 0 Å². The molecule has 0 aromatic rings. The lowest BCUT2D eigenvalue weighted by atomic mass is 10.0. The Morgan fingerprint density at radius 1 is 1.64 bits per heavy atom. The zero-order chi connectivity index (χ0) is 8.22. The maximum absolute atomic E-state index is 11.1. The summed E-state index contributed by atoms with van der Waals surface area (Å²) in [6.45, 7) is 6.52. The molecule has 0 unspecified atom stereocenters. The van der Waals surface area contributed by atoms with E-state index in [1.807, 2.05) is 16.7 Å². The van der Waals surface area contributed by atoms with E-state index in [-0.39, 0.29) is 10.7 Å². The van der Waals surface area contributed by atoms with Crippen LogP contribution in [0.15, 0.2) is 0 Å². The van der Waals surface area contributed by atoms with Crippen LogP contribution in [0.5, 0.6) is 0 Å². The van der Waals surface area contributed by atoms with Gasteiger partial charge in [0.25, 0.3) is 0 Å². The second kappa shape index (κ2) is 1.94. The highest BCUT2D eigenvalue weighted by molar-refractivity contribution is 8.01. The van der Waals surface area contributed by atoms with E-state index >= 15 is 0 Å². The minimum Gasteiger partial charge on any atom is -0.325 e. The highest BCUT2D eigenvalue weighted by Gasteiger charge is 2.53. The van der Waals surface area contributed by atoms with Crippen LogP contribution < -0.4 is 0 Å². The van der Waals surface area contributed by atoms with Crippen LogP contribution in [0.1, 0.15) is 20.8 Å². The average Bonchev–Trinajstić information content (AvgIpc) is 2.01. The highest BCUT2D eigenvalue weighted by Crippen LogP contribution is 2.49. The molecule has 0 bridgehead atoms. The van der Waals surface area contributed by atoms with Crippen molar-refractivity contribution in [3.63, 3.8) is 0 Å². The van der Waals surface area contributed by atoms with Crippen molar-refractivity contribution >= 4 is 17.7 Å². The molecule has 2 heterocycles. The Hall–Kier alpha value is -0.180. The normalized spacial score (nSPS) is 40.3. The van der Waals surface area contributed by atoms with Gasteiger partial charge in [0, 0.05) is 10.8 Å². The van der Waals surface area contributed by atoms with Gasteiger partial charge in [-0.25, -0.2) is 0 Å². The van der Waals surface area contributed by atoms with E-state index in [1.54, 1.807) is 6.42 Å². The molecule has 2 saturated heterocycles. The first kappa shape index (κ1) is 7.47. The van der Waals surface area contributed by atoms with Gasteiger partial charge in [0.05, 0.1) is 11.8 Å². The summed E-state index contributed by atoms with van der Waals surface area (Å²) in [5, 5.41) is 0.368. The zero-order valence-corrected chi connectivity index (χ0v) is 7.81.